The number of amides is 1. The van der Waals surface area contributed by atoms with Crippen LogP contribution in [-0.4, -0.2) is 37.7 Å². The zero-order valence-electron chi connectivity index (χ0n) is 13.7. The second-order valence-electron chi connectivity index (χ2n) is 8.27. The van der Waals surface area contributed by atoms with Crippen LogP contribution in [0, 0.1) is 22.7 Å². The Balaban J connectivity index is 0.00000144. The van der Waals surface area contributed by atoms with Crippen LogP contribution >= 0.6 is 12.4 Å². The number of rotatable bonds is 2. The number of hydrogen-bond donors (Lipinski definition) is 2. The van der Waals surface area contributed by atoms with E-state index in [1.54, 1.807) is 0 Å². The Labute approximate surface area is 139 Å². The summed E-state index contributed by atoms with van der Waals surface area (Å²) < 4.78 is 5.93. The van der Waals surface area contributed by atoms with Crippen molar-refractivity contribution in [1.29, 1.82) is 0 Å². The zero-order valence-corrected chi connectivity index (χ0v) is 14.5. The maximum atomic E-state index is 12.7. The highest BCUT2D eigenvalue weighted by atomic mass is 35.5. The van der Waals surface area contributed by atoms with Crippen molar-refractivity contribution in [2.45, 2.75) is 58.1 Å². The Hall–Kier alpha value is -0.320. The molecule has 4 atom stereocenters. The molecule has 2 aliphatic heterocycles. The maximum absolute atomic E-state index is 12.7. The van der Waals surface area contributed by atoms with E-state index in [2.05, 4.69) is 24.5 Å². The van der Waals surface area contributed by atoms with E-state index in [-0.39, 0.29) is 23.7 Å². The molecule has 2 saturated carbocycles. The minimum atomic E-state index is 0. The summed E-state index contributed by atoms with van der Waals surface area (Å²) in [4.78, 5) is 12.7. The van der Waals surface area contributed by atoms with Crippen LogP contribution in [0.2, 0.25) is 0 Å². The fourth-order valence-electron chi connectivity index (χ4n) is 5.27. The van der Waals surface area contributed by atoms with Crippen molar-refractivity contribution < 1.29 is 9.53 Å². The molecule has 5 heteroatoms. The normalized spacial score (nSPS) is 40.8. The van der Waals surface area contributed by atoms with Gasteiger partial charge in [0.25, 0.3) is 0 Å². The molecule has 2 N–H and O–H groups in total. The van der Waals surface area contributed by atoms with Crippen molar-refractivity contribution in [3.05, 3.63) is 0 Å². The zero-order chi connectivity index (χ0) is 14.7. The fourth-order valence-corrected chi connectivity index (χ4v) is 5.27. The van der Waals surface area contributed by atoms with E-state index in [1.807, 2.05) is 0 Å². The first kappa shape index (κ1) is 16.5. The molecule has 0 radical (unpaired) electrons. The lowest BCUT2D eigenvalue weighted by Gasteiger charge is -2.60. The molecule has 126 valence electrons. The quantitative estimate of drug-likeness (QED) is 0.816. The van der Waals surface area contributed by atoms with Gasteiger partial charge in [0.15, 0.2) is 0 Å². The topological polar surface area (TPSA) is 50.4 Å². The van der Waals surface area contributed by atoms with Gasteiger partial charge in [-0.25, -0.2) is 0 Å². The fraction of sp³-hybridized carbons (Fsp3) is 0.941. The van der Waals surface area contributed by atoms with Crippen LogP contribution in [0.25, 0.3) is 0 Å². The van der Waals surface area contributed by atoms with Gasteiger partial charge in [-0.1, -0.05) is 13.8 Å². The molecule has 4 aliphatic rings. The Morgan fingerprint density at radius 2 is 2.00 bits per heavy atom. The van der Waals surface area contributed by atoms with E-state index in [1.165, 1.54) is 19.3 Å². The van der Waals surface area contributed by atoms with Gasteiger partial charge in [0.2, 0.25) is 5.91 Å². The molecule has 0 bridgehead atoms. The van der Waals surface area contributed by atoms with Crippen LogP contribution in [0.15, 0.2) is 0 Å². The number of carbonyl (C=O) groups excluding carboxylic acids is 1. The maximum Gasteiger partial charge on any atom is 0.223 e. The molecular weight excluding hydrogens is 300 g/mol. The van der Waals surface area contributed by atoms with E-state index in [4.69, 9.17) is 4.74 Å². The Morgan fingerprint density at radius 1 is 1.27 bits per heavy atom. The van der Waals surface area contributed by atoms with Gasteiger partial charge >= 0.3 is 0 Å². The predicted molar refractivity (Wildman–Crippen MR) is 88.1 cm³/mol. The van der Waals surface area contributed by atoms with E-state index in [0.29, 0.717) is 29.4 Å². The Morgan fingerprint density at radius 3 is 2.73 bits per heavy atom. The standard InChI is InChI=1S/C17H28N2O2.ClH/c1-16(2)13(11-4-3-9-21-14(11)16)19-15(20)12-10-17(12)5-7-18-8-6-17;/h11-14,18H,3-10H2,1-2H3,(H,19,20);1H. The molecule has 4 rings (SSSR count). The van der Waals surface area contributed by atoms with Crippen LogP contribution in [0.1, 0.15) is 46.0 Å². The molecule has 0 aromatic heterocycles. The van der Waals surface area contributed by atoms with Crippen LogP contribution in [-0.2, 0) is 9.53 Å². The predicted octanol–water partition coefficient (Wildman–Crippen LogP) is 2.12. The summed E-state index contributed by atoms with van der Waals surface area (Å²) in [6, 6.07) is 0.315. The average Bonchev–Trinajstić information content (AvgIpc) is 3.18. The van der Waals surface area contributed by atoms with Gasteiger partial charge in [-0.05, 0) is 50.6 Å². The summed E-state index contributed by atoms with van der Waals surface area (Å²) in [6.07, 6.45) is 6.16. The lowest BCUT2D eigenvalue weighted by atomic mass is 9.55. The smallest absolute Gasteiger partial charge is 0.223 e. The minimum Gasteiger partial charge on any atom is -0.377 e. The van der Waals surface area contributed by atoms with E-state index in [0.717, 1.165) is 32.5 Å². The summed E-state index contributed by atoms with van der Waals surface area (Å²) in [7, 11) is 0. The summed E-state index contributed by atoms with van der Waals surface area (Å²) in [5.41, 5.74) is 0.433. The summed E-state index contributed by atoms with van der Waals surface area (Å²) in [5, 5.41) is 6.81. The molecule has 4 unspecified atom stereocenters. The van der Waals surface area contributed by atoms with Crippen LogP contribution in [0.5, 0.6) is 0 Å². The number of hydrogen-bond acceptors (Lipinski definition) is 3. The van der Waals surface area contributed by atoms with Gasteiger partial charge in [-0.3, -0.25) is 4.79 Å². The first-order valence-electron chi connectivity index (χ1n) is 8.67. The van der Waals surface area contributed by atoms with Crippen molar-refractivity contribution in [2.75, 3.05) is 19.7 Å². The number of fused-ring (bicyclic) bond motifs is 1. The van der Waals surface area contributed by atoms with Gasteiger partial charge in [-0.2, -0.15) is 0 Å². The third kappa shape index (κ3) is 2.38. The highest BCUT2D eigenvalue weighted by Crippen LogP contribution is 2.59. The SMILES string of the molecule is CC1(C)C(NC(=O)C2CC23CCNCC3)C2CCCOC21.Cl. The van der Waals surface area contributed by atoms with Gasteiger partial charge in [0.05, 0.1) is 6.10 Å². The highest BCUT2D eigenvalue weighted by molar-refractivity contribution is 5.85. The van der Waals surface area contributed by atoms with Crippen molar-refractivity contribution in [1.82, 2.24) is 10.6 Å². The largest absolute Gasteiger partial charge is 0.377 e. The van der Waals surface area contributed by atoms with Crippen molar-refractivity contribution in [3.63, 3.8) is 0 Å². The molecule has 22 heavy (non-hydrogen) atoms. The average molecular weight is 329 g/mol. The second kappa shape index (κ2) is 5.64. The first-order valence-corrected chi connectivity index (χ1v) is 8.67. The molecule has 1 amide bonds. The van der Waals surface area contributed by atoms with Gasteiger partial charge < -0.3 is 15.4 Å². The molecule has 2 aliphatic carbocycles. The molecule has 1 spiro atoms. The van der Waals surface area contributed by atoms with Crippen LogP contribution in [0.4, 0.5) is 0 Å². The lowest BCUT2D eigenvalue weighted by Crippen LogP contribution is -2.70. The molecule has 2 saturated heterocycles. The van der Waals surface area contributed by atoms with Gasteiger partial charge in [0, 0.05) is 29.9 Å². The van der Waals surface area contributed by atoms with Crippen LogP contribution in [0.3, 0.4) is 0 Å². The summed E-state index contributed by atoms with van der Waals surface area (Å²) in [5.74, 6) is 1.14. The van der Waals surface area contributed by atoms with Crippen molar-refractivity contribution >= 4 is 18.3 Å². The molecular formula is C17H29ClN2O2. The number of piperidine rings is 1. The second-order valence-corrected chi connectivity index (χ2v) is 8.27. The monoisotopic (exact) mass is 328 g/mol. The third-order valence-corrected chi connectivity index (χ3v) is 6.73. The molecule has 0 aromatic carbocycles. The third-order valence-electron chi connectivity index (χ3n) is 6.73. The molecule has 4 nitrogen and oxygen atoms in total. The minimum absolute atomic E-state index is 0. The Kier molecular flexibility index (Phi) is 4.24. The highest BCUT2D eigenvalue weighted by Gasteiger charge is 2.62. The van der Waals surface area contributed by atoms with Gasteiger partial charge in [-0.15, -0.1) is 12.4 Å². The summed E-state index contributed by atoms with van der Waals surface area (Å²) >= 11 is 0. The molecule has 2 heterocycles. The number of halogens is 1. The van der Waals surface area contributed by atoms with Crippen molar-refractivity contribution in [3.8, 4) is 0 Å². The Bertz CT molecular complexity index is 448. The van der Waals surface area contributed by atoms with Gasteiger partial charge in [0.1, 0.15) is 0 Å². The van der Waals surface area contributed by atoms with E-state index in [9.17, 15) is 4.79 Å². The number of ether oxygens (including phenoxy) is 1. The number of nitrogens with one attached hydrogen (secondary N) is 2. The van der Waals surface area contributed by atoms with Crippen LogP contribution < -0.4 is 10.6 Å². The summed E-state index contributed by atoms with van der Waals surface area (Å²) in [6.45, 7) is 7.55. The molecule has 4 fully saturated rings. The van der Waals surface area contributed by atoms with E-state index < -0.39 is 0 Å². The van der Waals surface area contributed by atoms with E-state index >= 15 is 0 Å². The molecule has 0 aromatic rings. The first-order chi connectivity index (χ1) is 10.0. The number of carbonyl (C=O) groups is 1. The lowest BCUT2D eigenvalue weighted by molar-refractivity contribution is -0.194. The van der Waals surface area contributed by atoms with Crippen molar-refractivity contribution in [2.24, 2.45) is 22.7 Å².